The number of hydrazine groups is 2. The fourth-order valence-electron chi connectivity index (χ4n) is 5.86. The maximum Gasteiger partial charge on any atom is 0.349 e. The van der Waals surface area contributed by atoms with Crippen molar-refractivity contribution >= 4 is 58.3 Å². The van der Waals surface area contributed by atoms with Crippen LogP contribution in [-0.2, 0) is 13.1 Å². The molecule has 0 radical (unpaired) electrons. The van der Waals surface area contributed by atoms with Crippen LogP contribution < -0.4 is 5.43 Å². The number of fused-ring (bicyclic) bond motifs is 2. The van der Waals surface area contributed by atoms with E-state index in [4.69, 9.17) is 1.37 Å². The van der Waals surface area contributed by atoms with Gasteiger partial charge in [0, 0.05) is 45.1 Å². The number of hydrogen-bond acceptors (Lipinski definition) is 10. The molecule has 0 saturated carbocycles. The lowest BCUT2D eigenvalue weighted by Gasteiger charge is -2.29. The van der Waals surface area contributed by atoms with Gasteiger partial charge in [0.2, 0.25) is 0 Å². The second kappa shape index (κ2) is 19.7. The normalized spacial score (nSPS) is 12.5. The fraction of sp³-hybridized carbons (Fsp3) is 0.0714. The van der Waals surface area contributed by atoms with Crippen molar-refractivity contribution in [2.45, 2.75) is 13.1 Å². The zero-order chi connectivity index (χ0) is 42.4. The Bertz CT molecular complexity index is 2450. The van der Waals surface area contributed by atoms with E-state index in [1.807, 2.05) is 83.3 Å². The summed E-state index contributed by atoms with van der Waals surface area (Å²) in [5, 5.41) is 3.12. The molecule has 2 aliphatic rings. The van der Waals surface area contributed by atoms with Crippen molar-refractivity contribution in [2.75, 3.05) is 4.91 Å². The highest BCUT2D eigenvalue weighted by molar-refractivity contribution is 14.1. The van der Waals surface area contributed by atoms with Crippen LogP contribution in [-0.4, -0.2) is 84.3 Å². The zero-order valence-electron chi connectivity index (χ0n) is 32.1. The summed E-state index contributed by atoms with van der Waals surface area (Å²) in [5.74, 6) is -1.63. The first-order valence-electron chi connectivity index (χ1n) is 18.4. The van der Waals surface area contributed by atoms with Gasteiger partial charge in [0.1, 0.15) is 19.0 Å². The predicted octanol–water partition coefficient (Wildman–Crippen LogP) is 6.20. The smallest absolute Gasteiger partial charge is 0.267 e. The minimum atomic E-state index is -0.541. The van der Waals surface area contributed by atoms with Gasteiger partial charge >= 0.3 is 12.1 Å². The van der Waals surface area contributed by atoms with Crippen LogP contribution in [0.25, 0.3) is 0 Å². The number of nitrogens with one attached hydrogen (secondary N) is 1. The summed E-state index contributed by atoms with van der Waals surface area (Å²) >= 11 is 1.96. The summed E-state index contributed by atoms with van der Waals surface area (Å²) in [5.41, 5.74) is 6.16. The molecule has 2 aliphatic heterocycles. The quantitative estimate of drug-likeness (QED) is 0.115. The Labute approximate surface area is 352 Å². The largest absolute Gasteiger partial charge is 0.349 e. The first-order chi connectivity index (χ1) is 29.2. The number of nitrogens with zero attached hydrogens (tertiary/aromatic N) is 9. The van der Waals surface area contributed by atoms with Crippen molar-refractivity contribution in [2.24, 2.45) is 0 Å². The minimum absolute atomic E-state index is 0.0727. The van der Waals surface area contributed by atoms with E-state index in [1.54, 1.807) is 73.3 Å². The van der Waals surface area contributed by atoms with Crippen molar-refractivity contribution < 1.29 is 30.1 Å². The molecule has 0 fully saturated rings. The van der Waals surface area contributed by atoms with Gasteiger partial charge in [0.15, 0.2) is 0 Å². The number of rotatable bonds is 6. The molecular formula is C42H35IN10O6. The number of carbonyl (C=O) groups is 6. The van der Waals surface area contributed by atoms with Crippen molar-refractivity contribution in [3.8, 4) is 0 Å². The van der Waals surface area contributed by atoms with E-state index >= 15 is 0 Å². The van der Waals surface area contributed by atoms with Gasteiger partial charge in [-0.3, -0.25) is 32.9 Å². The molecule has 5 heterocycles. The number of carbonyl (C=O) groups excluding carboxylic acids is 6. The van der Waals surface area contributed by atoms with E-state index in [9.17, 15) is 28.8 Å². The molecule has 16 nitrogen and oxygen atoms in total. The van der Waals surface area contributed by atoms with E-state index < -0.39 is 17.8 Å². The highest BCUT2D eigenvalue weighted by atomic mass is 127. The van der Waals surface area contributed by atoms with Gasteiger partial charge in [-0.1, -0.05) is 108 Å². The molecule has 17 heteroatoms. The second-order valence-corrected chi connectivity index (χ2v) is 12.3. The summed E-state index contributed by atoms with van der Waals surface area (Å²) in [6, 6.07) is 31.4. The molecule has 0 saturated heterocycles. The number of benzene rings is 4. The molecule has 4 aromatic carbocycles. The summed E-state index contributed by atoms with van der Waals surface area (Å²) in [4.78, 5) is 86.0. The lowest BCUT2D eigenvalue weighted by atomic mass is 10.1. The van der Waals surface area contributed by atoms with Crippen molar-refractivity contribution in [1.29, 1.82) is 0 Å². The Hall–Kier alpha value is -7.38. The number of imidazole rings is 3. The molecule has 59 heavy (non-hydrogen) atoms. The lowest BCUT2D eigenvalue weighted by Crippen LogP contribution is -2.50. The van der Waals surface area contributed by atoms with Crippen molar-refractivity contribution in [3.63, 3.8) is 0 Å². The van der Waals surface area contributed by atoms with Crippen molar-refractivity contribution in [3.05, 3.63) is 199 Å². The van der Waals surface area contributed by atoms with Crippen LogP contribution in [0, 0.1) is 0 Å². The summed E-state index contributed by atoms with van der Waals surface area (Å²) < 4.78 is 10.2. The molecule has 0 unspecified atom stereocenters. The molecule has 1 N–H and O–H groups in total. The highest BCUT2D eigenvalue weighted by Gasteiger charge is 2.41. The molecule has 3 aromatic heterocycles. The Morgan fingerprint density at radius 3 is 1.41 bits per heavy atom. The Morgan fingerprint density at radius 1 is 0.593 bits per heavy atom. The van der Waals surface area contributed by atoms with Gasteiger partial charge in [0.25, 0.3) is 23.6 Å². The number of hydrogen-bond donors (Lipinski definition) is 1. The number of halogens is 1. The first-order valence-corrected chi connectivity index (χ1v) is 19.2. The second-order valence-electron chi connectivity index (χ2n) is 12.3. The van der Waals surface area contributed by atoms with Crippen LogP contribution in [0.15, 0.2) is 165 Å². The molecule has 9 rings (SSSR count). The number of imide groups is 2. The van der Waals surface area contributed by atoms with Gasteiger partial charge in [0.05, 0.1) is 28.8 Å². The zero-order valence-corrected chi connectivity index (χ0v) is 33.2. The Morgan fingerprint density at radius 2 is 0.983 bits per heavy atom. The summed E-state index contributed by atoms with van der Waals surface area (Å²) in [7, 11) is 0. The topological polar surface area (TPSA) is 178 Å². The van der Waals surface area contributed by atoms with Gasteiger partial charge in [-0.25, -0.2) is 40.0 Å². The van der Waals surface area contributed by atoms with Gasteiger partial charge in [-0.05, 0) is 40.3 Å². The maximum atomic E-state index is 12.9. The van der Waals surface area contributed by atoms with Crippen LogP contribution in [0.3, 0.4) is 0 Å². The monoisotopic (exact) mass is 903 g/mol. The lowest BCUT2D eigenvalue weighted by molar-refractivity contribution is 0.0155. The van der Waals surface area contributed by atoms with Gasteiger partial charge < -0.3 is 0 Å². The van der Waals surface area contributed by atoms with E-state index in [0.717, 1.165) is 26.2 Å². The fourth-order valence-corrected chi connectivity index (χ4v) is 5.86. The maximum absolute atomic E-state index is 12.9. The van der Waals surface area contributed by atoms with E-state index in [0.29, 0.717) is 22.6 Å². The molecule has 296 valence electrons. The van der Waals surface area contributed by atoms with Crippen LogP contribution in [0.4, 0.5) is 9.59 Å². The van der Waals surface area contributed by atoms with Crippen LogP contribution >= 0.6 is 22.6 Å². The molecule has 0 spiro atoms. The SMILES string of the molecule is O=C(n1ccnc1)n1ccnc1.O=C1c2ccccc2C(=O)N1N(Cc1ccccc1)C(=O)n1ccnc1.O=C1c2ccccc2C(=O)N1NCc1ccccc1.[2H]CI. The third kappa shape index (κ3) is 9.43. The number of alkyl halides is 1. The number of amides is 5. The average molecular weight is 904 g/mol. The Balaban J connectivity index is 0.000000155. The van der Waals surface area contributed by atoms with Gasteiger partial charge in [-0.15, -0.1) is 0 Å². The molecule has 0 bridgehead atoms. The standard InChI is InChI=1S/C19H14N4O3.C15H12N2O2.C7H6N4O.CH3I/c24-17-15-8-4-5-9-16(15)18(25)23(17)22(12-14-6-2-1-3-7-14)19(26)21-11-10-20-13-21;18-14-12-8-4-5-9-13(12)15(19)17(14)16-10-11-6-2-1-3-7-11;12-7(10-3-1-8-5-10)11-4-2-9-6-11;1-2/h1-11,13H,12H2;1-9,16H,10H2;1-6H;1H3/i;;;1D. The minimum Gasteiger partial charge on any atom is -0.267 e. The van der Waals surface area contributed by atoms with Crippen LogP contribution in [0.1, 0.15) is 53.9 Å². The third-order valence-corrected chi connectivity index (χ3v) is 8.66. The molecule has 0 aliphatic carbocycles. The van der Waals surface area contributed by atoms with Crippen LogP contribution in [0.2, 0.25) is 0 Å². The number of aromatic nitrogens is 6. The third-order valence-electron chi connectivity index (χ3n) is 8.66. The van der Waals surface area contributed by atoms with E-state index in [-0.39, 0.29) is 35.5 Å². The predicted molar refractivity (Wildman–Crippen MR) is 223 cm³/mol. The highest BCUT2D eigenvalue weighted by Crippen LogP contribution is 2.26. The van der Waals surface area contributed by atoms with E-state index in [2.05, 4.69) is 20.4 Å². The van der Waals surface area contributed by atoms with Crippen molar-refractivity contribution in [1.82, 2.24) is 49.1 Å². The molecular weight excluding hydrogens is 867 g/mol. The summed E-state index contributed by atoms with van der Waals surface area (Å²) in [6.07, 6.45) is 13.4. The average Bonchev–Trinajstić information content (AvgIpc) is 4.16. The summed E-state index contributed by atoms with van der Waals surface area (Å²) in [6.45, 7) is 0.510. The Kier molecular flexibility index (Phi) is 13.3. The van der Waals surface area contributed by atoms with Gasteiger partial charge in [-0.2, -0.15) is 5.01 Å². The first kappa shape index (κ1) is 39.8. The molecule has 0 atom stereocenters. The van der Waals surface area contributed by atoms with E-state index in [1.165, 1.54) is 45.1 Å². The molecule has 5 amide bonds. The van der Waals surface area contributed by atoms with Crippen LogP contribution in [0.5, 0.6) is 0 Å². The molecule has 7 aromatic rings.